The van der Waals surface area contributed by atoms with Crippen LogP contribution in [0.3, 0.4) is 0 Å². The second-order valence-corrected chi connectivity index (χ2v) is 5.90. The van der Waals surface area contributed by atoms with Crippen molar-refractivity contribution in [1.82, 2.24) is 15.1 Å². The highest BCUT2D eigenvalue weighted by Crippen LogP contribution is 2.27. The van der Waals surface area contributed by atoms with E-state index in [2.05, 4.69) is 15.1 Å². The number of aromatic nitrogens is 3. The number of nitrogens with zero attached hydrogens (tertiary/aromatic N) is 3. The van der Waals surface area contributed by atoms with Crippen LogP contribution >= 0.6 is 0 Å². The Morgan fingerprint density at radius 3 is 2.75 bits per heavy atom. The van der Waals surface area contributed by atoms with Crippen LogP contribution in [0.25, 0.3) is 11.5 Å². The minimum Gasteiger partial charge on any atom is -0.474 e. The first-order valence-corrected chi connectivity index (χ1v) is 8.07. The van der Waals surface area contributed by atoms with E-state index in [1.54, 1.807) is 6.20 Å². The predicted octanol–water partition coefficient (Wildman–Crippen LogP) is 3.11. The zero-order valence-electron chi connectivity index (χ0n) is 13.1. The van der Waals surface area contributed by atoms with Crippen molar-refractivity contribution >= 4 is 0 Å². The summed E-state index contributed by atoms with van der Waals surface area (Å²) in [5.74, 6) is 1.45. The van der Waals surface area contributed by atoms with Crippen LogP contribution < -0.4 is 10.5 Å². The fourth-order valence-corrected chi connectivity index (χ4v) is 2.55. The molecule has 1 atom stereocenters. The molecule has 0 saturated heterocycles. The summed E-state index contributed by atoms with van der Waals surface area (Å²) >= 11 is 0. The molecule has 0 bridgehead atoms. The molecule has 0 aliphatic heterocycles. The van der Waals surface area contributed by atoms with Gasteiger partial charge in [-0.25, -0.2) is 4.98 Å². The summed E-state index contributed by atoms with van der Waals surface area (Å²) in [7, 11) is 0. The molecule has 24 heavy (non-hydrogen) atoms. The Kier molecular flexibility index (Phi) is 3.96. The summed E-state index contributed by atoms with van der Waals surface area (Å²) < 4.78 is 11.2. The molecule has 1 aromatic carbocycles. The Morgan fingerprint density at radius 2 is 2.00 bits per heavy atom. The lowest BCUT2D eigenvalue weighted by Crippen LogP contribution is -2.24. The minimum absolute atomic E-state index is 0.275. The van der Waals surface area contributed by atoms with Crippen LogP contribution in [-0.2, 0) is 0 Å². The lowest BCUT2D eigenvalue weighted by atomic mass is 9.96. The van der Waals surface area contributed by atoms with Gasteiger partial charge < -0.3 is 15.0 Å². The molecular formula is C18H18N4O2. The van der Waals surface area contributed by atoms with Crippen molar-refractivity contribution in [3.8, 4) is 17.3 Å². The van der Waals surface area contributed by atoms with Crippen molar-refractivity contribution in [3.05, 3.63) is 60.0 Å². The fraction of sp³-hybridized carbons (Fsp3) is 0.278. The molecule has 1 saturated carbocycles. The third-order valence-corrected chi connectivity index (χ3v) is 4.20. The van der Waals surface area contributed by atoms with Crippen LogP contribution in [0, 0.1) is 0 Å². The van der Waals surface area contributed by atoms with E-state index in [1.807, 2.05) is 42.5 Å². The predicted molar refractivity (Wildman–Crippen MR) is 88.3 cm³/mol. The van der Waals surface area contributed by atoms with E-state index in [-0.39, 0.29) is 6.10 Å². The molecule has 1 fully saturated rings. The van der Waals surface area contributed by atoms with Crippen molar-refractivity contribution < 1.29 is 9.26 Å². The highest BCUT2D eigenvalue weighted by atomic mass is 16.5. The molecule has 2 N–H and O–H groups in total. The van der Waals surface area contributed by atoms with Crippen LogP contribution in [0.4, 0.5) is 0 Å². The molecular weight excluding hydrogens is 304 g/mol. The second kappa shape index (κ2) is 6.41. The van der Waals surface area contributed by atoms with E-state index in [9.17, 15) is 0 Å². The molecule has 2 heterocycles. The topological polar surface area (TPSA) is 87.1 Å². The average molecular weight is 322 g/mol. The molecule has 0 amide bonds. The highest BCUT2D eigenvalue weighted by Gasteiger charge is 2.21. The van der Waals surface area contributed by atoms with Gasteiger partial charge in [0.15, 0.2) is 5.82 Å². The molecule has 122 valence electrons. The largest absolute Gasteiger partial charge is 0.474 e. The number of pyridine rings is 1. The van der Waals surface area contributed by atoms with Gasteiger partial charge in [-0.1, -0.05) is 35.5 Å². The maximum absolute atomic E-state index is 6.21. The summed E-state index contributed by atoms with van der Waals surface area (Å²) in [6.45, 7) is 0. The van der Waals surface area contributed by atoms with Crippen LogP contribution in [0.15, 0.2) is 53.2 Å². The molecule has 0 spiro atoms. The van der Waals surface area contributed by atoms with E-state index >= 15 is 0 Å². The van der Waals surface area contributed by atoms with Crippen molar-refractivity contribution in [2.24, 2.45) is 5.73 Å². The van der Waals surface area contributed by atoms with Crippen molar-refractivity contribution in [2.75, 3.05) is 0 Å². The fourth-order valence-electron chi connectivity index (χ4n) is 2.55. The van der Waals surface area contributed by atoms with Crippen molar-refractivity contribution in [3.63, 3.8) is 0 Å². The first-order chi connectivity index (χ1) is 11.8. The van der Waals surface area contributed by atoms with Gasteiger partial charge in [-0.15, -0.1) is 0 Å². The number of rotatable bonds is 5. The normalized spacial score (nSPS) is 15.7. The molecule has 4 rings (SSSR count). The number of hydrogen-bond donors (Lipinski definition) is 1. The maximum Gasteiger partial charge on any atom is 0.258 e. The Morgan fingerprint density at radius 1 is 1.17 bits per heavy atom. The minimum atomic E-state index is -0.420. The van der Waals surface area contributed by atoms with Gasteiger partial charge in [0.1, 0.15) is 6.10 Å². The van der Waals surface area contributed by atoms with E-state index in [0.29, 0.717) is 17.6 Å². The average Bonchev–Trinajstić information content (AvgIpc) is 3.09. The standard InChI is InChI=1S/C18H18N4O2/c19-16(12-5-2-1-3-6-12)17-21-18(24-22-17)13-9-10-20-15(11-13)23-14-7-4-8-14/h1-3,5-6,9-11,14,16H,4,7-8,19H2. The summed E-state index contributed by atoms with van der Waals surface area (Å²) in [6, 6.07) is 12.9. The monoisotopic (exact) mass is 322 g/mol. The van der Waals surface area contributed by atoms with Crippen LogP contribution in [0.2, 0.25) is 0 Å². The van der Waals surface area contributed by atoms with Crippen LogP contribution in [0.5, 0.6) is 5.88 Å². The van der Waals surface area contributed by atoms with Gasteiger partial charge in [-0.3, -0.25) is 0 Å². The van der Waals surface area contributed by atoms with E-state index < -0.39 is 6.04 Å². The number of ether oxygens (including phenoxy) is 1. The zero-order valence-corrected chi connectivity index (χ0v) is 13.1. The lowest BCUT2D eigenvalue weighted by molar-refractivity contribution is 0.114. The molecule has 6 heteroatoms. The summed E-state index contributed by atoms with van der Waals surface area (Å²) in [5.41, 5.74) is 7.92. The molecule has 1 aliphatic rings. The molecule has 2 aromatic heterocycles. The SMILES string of the molecule is NC(c1ccccc1)c1noc(-c2ccnc(OC3CCC3)c2)n1. The Labute approximate surface area is 139 Å². The zero-order chi connectivity index (χ0) is 16.4. The Hall–Kier alpha value is -2.73. The van der Waals surface area contributed by atoms with E-state index in [4.69, 9.17) is 15.0 Å². The van der Waals surface area contributed by atoms with Gasteiger partial charge in [0, 0.05) is 17.8 Å². The summed E-state index contributed by atoms with van der Waals surface area (Å²) in [6.07, 6.45) is 5.35. The maximum atomic E-state index is 6.21. The quantitative estimate of drug-likeness (QED) is 0.776. The summed E-state index contributed by atoms with van der Waals surface area (Å²) in [4.78, 5) is 8.66. The van der Waals surface area contributed by atoms with Gasteiger partial charge in [-0.05, 0) is 30.9 Å². The highest BCUT2D eigenvalue weighted by molar-refractivity contribution is 5.53. The van der Waals surface area contributed by atoms with Gasteiger partial charge in [0.05, 0.1) is 6.04 Å². The first kappa shape index (κ1) is 14.8. The Bertz CT molecular complexity index is 815. The molecule has 1 aliphatic carbocycles. The first-order valence-electron chi connectivity index (χ1n) is 8.07. The third-order valence-electron chi connectivity index (χ3n) is 4.20. The van der Waals surface area contributed by atoms with Crippen molar-refractivity contribution in [2.45, 2.75) is 31.4 Å². The smallest absolute Gasteiger partial charge is 0.258 e. The molecule has 0 radical (unpaired) electrons. The van der Waals surface area contributed by atoms with Gasteiger partial charge >= 0.3 is 0 Å². The molecule has 6 nitrogen and oxygen atoms in total. The summed E-state index contributed by atoms with van der Waals surface area (Å²) in [5, 5.41) is 4.01. The third kappa shape index (κ3) is 3.00. The lowest BCUT2D eigenvalue weighted by Gasteiger charge is -2.25. The number of benzene rings is 1. The molecule has 3 aromatic rings. The van der Waals surface area contributed by atoms with Crippen molar-refractivity contribution in [1.29, 1.82) is 0 Å². The van der Waals surface area contributed by atoms with E-state index in [0.717, 1.165) is 24.0 Å². The second-order valence-electron chi connectivity index (χ2n) is 5.90. The van der Waals surface area contributed by atoms with Gasteiger partial charge in [0.25, 0.3) is 5.89 Å². The molecule has 1 unspecified atom stereocenters. The number of hydrogen-bond acceptors (Lipinski definition) is 6. The van der Waals surface area contributed by atoms with Gasteiger partial charge in [-0.2, -0.15) is 4.98 Å². The number of nitrogens with two attached hydrogens (primary N) is 1. The van der Waals surface area contributed by atoms with Crippen LogP contribution in [0.1, 0.15) is 36.7 Å². The van der Waals surface area contributed by atoms with E-state index in [1.165, 1.54) is 6.42 Å². The Balaban J connectivity index is 1.55. The van der Waals surface area contributed by atoms with Gasteiger partial charge in [0.2, 0.25) is 5.88 Å². The van der Waals surface area contributed by atoms with Crippen LogP contribution in [-0.4, -0.2) is 21.2 Å².